The maximum Gasteiger partial charge on any atom is 0.276 e. The summed E-state index contributed by atoms with van der Waals surface area (Å²) in [6.07, 6.45) is 7.19. The minimum absolute atomic E-state index is 0.0552. The third-order valence-electron chi connectivity index (χ3n) is 3.66. The quantitative estimate of drug-likeness (QED) is 0.844. The Labute approximate surface area is 116 Å². The first-order valence-electron chi connectivity index (χ1n) is 6.85. The van der Waals surface area contributed by atoms with E-state index in [1.54, 1.807) is 6.33 Å². The van der Waals surface area contributed by atoms with Gasteiger partial charge in [-0.25, -0.2) is 14.6 Å². The van der Waals surface area contributed by atoms with Crippen molar-refractivity contribution in [3.05, 3.63) is 30.5 Å². The molecule has 106 valence electrons. The summed E-state index contributed by atoms with van der Waals surface area (Å²) in [6, 6.07) is 0.187. The van der Waals surface area contributed by atoms with Crippen LogP contribution in [-0.2, 0) is 6.42 Å². The Morgan fingerprint density at radius 2 is 2.45 bits per heavy atom. The van der Waals surface area contributed by atoms with E-state index < -0.39 is 0 Å². The van der Waals surface area contributed by atoms with Crippen molar-refractivity contribution in [3.63, 3.8) is 0 Å². The second-order valence-corrected chi connectivity index (χ2v) is 4.90. The van der Waals surface area contributed by atoms with Crippen molar-refractivity contribution in [2.75, 3.05) is 13.1 Å². The fourth-order valence-electron chi connectivity index (χ4n) is 2.61. The first-order valence-corrected chi connectivity index (χ1v) is 6.85. The lowest BCUT2D eigenvalue weighted by atomic mass is 10.1. The van der Waals surface area contributed by atoms with E-state index in [1.165, 1.54) is 12.7 Å². The van der Waals surface area contributed by atoms with Gasteiger partial charge in [-0.2, -0.15) is 5.10 Å². The summed E-state index contributed by atoms with van der Waals surface area (Å²) in [6.45, 7) is 3.34. The molecule has 0 aliphatic carbocycles. The summed E-state index contributed by atoms with van der Waals surface area (Å²) in [7, 11) is 0. The normalized spacial score (nSPS) is 19.2. The molecular formula is C13H17N5O2. The van der Waals surface area contributed by atoms with Gasteiger partial charge in [-0.3, -0.25) is 4.79 Å². The van der Waals surface area contributed by atoms with E-state index in [9.17, 15) is 4.79 Å². The van der Waals surface area contributed by atoms with Gasteiger partial charge in [0.25, 0.3) is 5.91 Å². The van der Waals surface area contributed by atoms with E-state index in [0.717, 1.165) is 19.4 Å². The SMILES string of the molecule is CCc1ocnc1C(=O)N1CCCC(n2cncn2)C1. The molecule has 0 saturated carbocycles. The number of carbonyl (C=O) groups is 1. The number of rotatable bonds is 3. The molecule has 7 heteroatoms. The fourth-order valence-corrected chi connectivity index (χ4v) is 2.61. The number of carbonyl (C=O) groups excluding carboxylic acids is 1. The Morgan fingerprint density at radius 3 is 3.20 bits per heavy atom. The van der Waals surface area contributed by atoms with Crippen molar-refractivity contribution in [3.8, 4) is 0 Å². The highest BCUT2D eigenvalue weighted by molar-refractivity contribution is 5.93. The predicted octanol–water partition coefficient (Wildman–Crippen LogP) is 1.31. The molecular weight excluding hydrogens is 258 g/mol. The van der Waals surface area contributed by atoms with Gasteiger partial charge in [-0.05, 0) is 12.8 Å². The summed E-state index contributed by atoms with van der Waals surface area (Å²) in [5, 5.41) is 4.16. The van der Waals surface area contributed by atoms with Crippen molar-refractivity contribution in [2.24, 2.45) is 0 Å². The van der Waals surface area contributed by atoms with Crippen molar-refractivity contribution in [2.45, 2.75) is 32.2 Å². The Balaban J connectivity index is 1.75. The molecule has 0 bridgehead atoms. The average molecular weight is 275 g/mol. The van der Waals surface area contributed by atoms with Crippen LogP contribution in [0.25, 0.3) is 0 Å². The van der Waals surface area contributed by atoms with E-state index in [0.29, 0.717) is 24.4 Å². The molecule has 2 aromatic rings. The van der Waals surface area contributed by atoms with Crippen LogP contribution in [0.3, 0.4) is 0 Å². The number of likely N-dealkylation sites (tertiary alicyclic amines) is 1. The molecule has 1 aliphatic rings. The maximum atomic E-state index is 12.5. The van der Waals surface area contributed by atoms with Gasteiger partial charge in [-0.15, -0.1) is 0 Å². The van der Waals surface area contributed by atoms with Crippen LogP contribution in [-0.4, -0.2) is 43.6 Å². The summed E-state index contributed by atoms with van der Waals surface area (Å²) in [5.74, 6) is 0.596. The van der Waals surface area contributed by atoms with Crippen LogP contribution in [0.15, 0.2) is 23.5 Å². The summed E-state index contributed by atoms with van der Waals surface area (Å²) in [5.41, 5.74) is 0.437. The molecule has 0 N–H and O–H groups in total. The molecule has 1 saturated heterocycles. The van der Waals surface area contributed by atoms with Gasteiger partial charge in [0.2, 0.25) is 0 Å². The van der Waals surface area contributed by atoms with Crippen LogP contribution >= 0.6 is 0 Å². The highest BCUT2D eigenvalue weighted by Gasteiger charge is 2.28. The van der Waals surface area contributed by atoms with Gasteiger partial charge in [0.05, 0.1) is 6.04 Å². The summed E-state index contributed by atoms with van der Waals surface area (Å²) in [4.78, 5) is 22.4. The molecule has 2 aromatic heterocycles. The zero-order valence-corrected chi connectivity index (χ0v) is 11.4. The zero-order chi connectivity index (χ0) is 13.9. The Morgan fingerprint density at radius 1 is 1.55 bits per heavy atom. The molecule has 1 fully saturated rings. The molecule has 1 amide bonds. The monoisotopic (exact) mass is 275 g/mol. The molecule has 1 aliphatic heterocycles. The molecule has 0 aromatic carbocycles. The predicted molar refractivity (Wildman–Crippen MR) is 70.1 cm³/mol. The maximum absolute atomic E-state index is 12.5. The average Bonchev–Trinajstić information content (AvgIpc) is 3.17. The van der Waals surface area contributed by atoms with Gasteiger partial charge < -0.3 is 9.32 Å². The van der Waals surface area contributed by atoms with Crippen LogP contribution < -0.4 is 0 Å². The fraction of sp³-hybridized carbons (Fsp3) is 0.538. The van der Waals surface area contributed by atoms with E-state index in [-0.39, 0.29) is 11.9 Å². The summed E-state index contributed by atoms with van der Waals surface area (Å²) < 4.78 is 7.06. The second kappa shape index (κ2) is 5.44. The van der Waals surface area contributed by atoms with Crippen molar-refractivity contribution < 1.29 is 9.21 Å². The molecule has 3 rings (SSSR count). The van der Waals surface area contributed by atoms with Gasteiger partial charge in [0.15, 0.2) is 12.1 Å². The number of amides is 1. The first-order chi connectivity index (χ1) is 9.79. The van der Waals surface area contributed by atoms with Crippen LogP contribution in [0.1, 0.15) is 42.1 Å². The molecule has 0 spiro atoms. The second-order valence-electron chi connectivity index (χ2n) is 4.90. The van der Waals surface area contributed by atoms with Crippen LogP contribution in [0.2, 0.25) is 0 Å². The van der Waals surface area contributed by atoms with Crippen LogP contribution in [0.4, 0.5) is 0 Å². The van der Waals surface area contributed by atoms with E-state index in [2.05, 4.69) is 15.1 Å². The third kappa shape index (κ3) is 2.31. The molecule has 1 unspecified atom stereocenters. The van der Waals surface area contributed by atoms with Gasteiger partial charge in [0.1, 0.15) is 18.4 Å². The number of hydrogen-bond donors (Lipinski definition) is 0. The topological polar surface area (TPSA) is 77.0 Å². The smallest absolute Gasteiger partial charge is 0.276 e. The van der Waals surface area contributed by atoms with E-state index in [1.807, 2.05) is 16.5 Å². The Bertz CT molecular complexity index is 577. The number of hydrogen-bond acceptors (Lipinski definition) is 5. The lowest BCUT2D eigenvalue weighted by molar-refractivity contribution is 0.0665. The lowest BCUT2D eigenvalue weighted by Gasteiger charge is -2.32. The Kier molecular flexibility index (Phi) is 3.49. The molecule has 1 atom stereocenters. The molecule has 7 nitrogen and oxygen atoms in total. The van der Waals surface area contributed by atoms with Crippen LogP contribution in [0.5, 0.6) is 0 Å². The third-order valence-corrected chi connectivity index (χ3v) is 3.66. The van der Waals surface area contributed by atoms with Crippen LogP contribution in [0, 0.1) is 0 Å². The molecule has 20 heavy (non-hydrogen) atoms. The van der Waals surface area contributed by atoms with Gasteiger partial charge in [0, 0.05) is 19.5 Å². The van der Waals surface area contributed by atoms with Crippen molar-refractivity contribution >= 4 is 5.91 Å². The number of aryl methyl sites for hydroxylation is 1. The minimum Gasteiger partial charge on any atom is -0.448 e. The minimum atomic E-state index is -0.0552. The van der Waals surface area contributed by atoms with E-state index >= 15 is 0 Å². The lowest BCUT2D eigenvalue weighted by Crippen LogP contribution is -2.41. The first kappa shape index (κ1) is 12.8. The van der Waals surface area contributed by atoms with Gasteiger partial charge in [-0.1, -0.05) is 6.92 Å². The highest BCUT2D eigenvalue weighted by Crippen LogP contribution is 2.22. The molecule has 0 radical (unpaired) electrons. The van der Waals surface area contributed by atoms with Gasteiger partial charge >= 0.3 is 0 Å². The largest absolute Gasteiger partial charge is 0.448 e. The number of oxazole rings is 1. The highest BCUT2D eigenvalue weighted by atomic mass is 16.3. The molecule has 3 heterocycles. The zero-order valence-electron chi connectivity index (χ0n) is 11.4. The summed E-state index contributed by atoms with van der Waals surface area (Å²) >= 11 is 0. The van der Waals surface area contributed by atoms with Crippen molar-refractivity contribution in [1.29, 1.82) is 0 Å². The van der Waals surface area contributed by atoms with E-state index in [4.69, 9.17) is 4.42 Å². The standard InChI is InChI=1S/C13H17N5O2/c1-2-11-12(15-9-20-11)13(19)17-5-3-4-10(6-17)18-8-14-7-16-18/h7-10H,2-6H2,1H3. The number of nitrogens with zero attached hydrogens (tertiary/aromatic N) is 5. The Hall–Kier alpha value is -2.18. The van der Waals surface area contributed by atoms with Crippen molar-refractivity contribution in [1.82, 2.24) is 24.6 Å². The number of piperidine rings is 1. The number of aromatic nitrogens is 4.